The Kier molecular flexibility index (Phi) is 6.13. The number of rotatable bonds is 6. The van der Waals surface area contributed by atoms with Crippen molar-refractivity contribution in [3.8, 4) is 0 Å². The van der Waals surface area contributed by atoms with Crippen molar-refractivity contribution in [2.75, 3.05) is 13.1 Å². The summed E-state index contributed by atoms with van der Waals surface area (Å²) in [4.78, 5) is 20.0. The number of likely N-dealkylation sites (tertiary alicyclic amines) is 1. The molecule has 4 rings (SSSR count). The Balaban J connectivity index is 1.65. The van der Waals surface area contributed by atoms with Crippen LogP contribution in [-0.2, 0) is 6.54 Å². The Morgan fingerprint density at radius 1 is 1.17 bits per heavy atom. The fraction of sp³-hybridized carbons (Fsp3) is 0.417. The molecule has 0 saturated carbocycles. The molecule has 1 N–H and O–H groups in total. The Bertz CT molecular complexity index is 1020. The lowest BCUT2D eigenvalue weighted by atomic mass is 10.0. The molecule has 2 aromatic heterocycles. The molecule has 1 aromatic carbocycles. The monoisotopic (exact) mass is 408 g/mol. The van der Waals surface area contributed by atoms with Crippen LogP contribution in [0.4, 0.5) is 4.39 Å². The van der Waals surface area contributed by atoms with Crippen molar-refractivity contribution in [2.45, 2.75) is 52.1 Å². The highest BCUT2D eigenvalue weighted by atomic mass is 19.1. The Hall–Kier alpha value is -2.73. The first-order chi connectivity index (χ1) is 14.6. The second kappa shape index (κ2) is 8.96. The van der Waals surface area contributed by atoms with E-state index in [1.807, 2.05) is 46.7 Å². The first-order valence-corrected chi connectivity index (χ1v) is 10.8. The van der Waals surface area contributed by atoms with Crippen LogP contribution in [0.1, 0.15) is 66.0 Å². The highest BCUT2D eigenvalue weighted by Gasteiger charge is 2.26. The number of nitrogens with zero attached hydrogens (tertiary/aromatic N) is 3. The van der Waals surface area contributed by atoms with Crippen LogP contribution in [0, 0.1) is 12.7 Å². The van der Waals surface area contributed by atoms with E-state index in [0.717, 1.165) is 54.8 Å². The van der Waals surface area contributed by atoms with Gasteiger partial charge in [-0.2, -0.15) is 0 Å². The number of halogens is 1. The van der Waals surface area contributed by atoms with E-state index in [0.29, 0.717) is 12.2 Å². The highest BCUT2D eigenvalue weighted by Crippen LogP contribution is 2.22. The van der Waals surface area contributed by atoms with Gasteiger partial charge in [-0.25, -0.2) is 9.37 Å². The zero-order valence-corrected chi connectivity index (χ0v) is 17.7. The summed E-state index contributed by atoms with van der Waals surface area (Å²) in [5, 5.41) is 3.56. The zero-order valence-electron chi connectivity index (χ0n) is 17.7. The summed E-state index contributed by atoms with van der Waals surface area (Å²) >= 11 is 0. The van der Waals surface area contributed by atoms with Crippen LogP contribution >= 0.6 is 0 Å². The molecule has 158 valence electrons. The summed E-state index contributed by atoms with van der Waals surface area (Å²) in [6.45, 7) is 6.22. The fourth-order valence-electron chi connectivity index (χ4n) is 4.25. The first-order valence-electron chi connectivity index (χ1n) is 10.8. The number of carbonyl (C=O) groups excluding carboxylic acids is 1. The largest absolute Gasteiger partial charge is 0.337 e. The van der Waals surface area contributed by atoms with Gasteiger partial charge in [-0.05, 0) is 61.9 Å². The Morgan fingerprint density at radius 2 is 1.90 bits per heavy atom. The zero-order chi connectivity index (χ0) is 21.1. The standard InChI is InChI=1S/C24H29FN4O/c1-3-20(18-9-11-19(25)12-10-18)26-16-21-22(24(30)28-13-5-4-6-14-28)27-23-17(2)8-7-15-29(21)23/h7-12,15,20,26H,3-6,13-14,16H2,1-2H3/t20-/m0/s1. The number of aryl methyl sites for hydroxylation is 1. The quantitative estimate of drug-likeness (QED) is 0.646. The summed E-state index contributed by atoms with van der Waals surface area (Å²) in [6, 6.07) is 10.7. The average molecular weight is 409 g/mol. The van der Waals surface area contributed by atoms with Crippen molar-refractivity contribution >= 4 is 11.6 Å². The molecule has 0 unspecified atom stereocenters. The third-order valence-corrected chi connectivity index (χ3v) is 5.99. The summed E-state index contributed by atoms with van der Waals surface area (Å²) in [6.07, 6.45) is 6.11. The highest BCUT2D eigenvalue weighted by molar-refractivity contribution is 5.94. The fourth-order valence-corrected chi connectivity index (χ4v) is 4.25. The first kappa shape index (κ1) is 20.5. The van der Waals surface area contributed by atoms with Gasteiger partial charge in [-0.3, -0.25) is 4.79 Å². The molecule has 3 aromatic rings. The third-order valence-electron chi connectivity index (χ3n) is 5.99. The SMILES string of the molecule is CC[C@H](NCc1c(C(=O)N2CCCCC2)nc2c(C)cccn12)c1ccc(F)cc1. The minimum absolute atomic E-state index is 0.0180. The van der Waals surface area contributed by atoms with Crippen molar-refractivity contribution < 1.29 is 9.18 Å². The molecule has 0 bridgehead atoms. The van der Waals surface area contributed by atoms with Crippen LogP contribution < -0.4 is 5.32 Å². The summed E-state index contributed by atoms with van der Waals surface area (Å²) in [5.74, 6) is -0.218. The lowest BCUT2D eigenvalue weighted by molar-refractivity contribution is 0.0717. The van der Waals surface area contributed by atoms with Gasteiger partial charge in [0.1, 0.15) is 11.5 Å². The number of benzene rings is 1. The van der Waals surface area contributed by atoms with Crippen LogP contribution in [0.3, 0.4) is 0 Å². The normalized spacial score (nSPS) is 15.5. The number of pyridine rings is 1. The molecule has 1 aliphatic rings. The molecule has 30 heavy (non-hydrogen) atoms. The Morgan fingerprint density at radius 3 is 2.60 bits per heavy atom. The van der Waals surface area contributed by atoms with Crippen molar-refractivity contribution in [1.29, 1.82) is 0 Å². The van der Waals surface area contributed by atoms with Gasteiger partial charge in [0.25, 0.3) is 5.91 Å². The van der Waals surface area contributed by atoms with Gasteiger partial charge in [0, 0.05) is 31.9 Å². The molecule has 0 radical (unpaired) electrons. The van der Waals surface area contributed by atoms with Crippen LogP contribution in [0.2, 0.25) is 0 Å². The predicted molar refractivity (Wildman–Crippen MR) is 116 cm³/mol. The maximum atomic E-state index is 13.3. The molecule has 0 spiro atoms. The van der Waals surface area contributed by atoms with Gasteiger partial charge in [-0.1, -0.05) is 25.1 Å². The number of aromatic nitrogens is 2. The van der Waals surface area contributed by atoms with E-state index in [1.165, 1.54) is 18.6 Å². The maximum Gasteiger partial charge on any atom is 0.274 e. The van der Waals surface area contributed by atoms with Gasteiger partial charge < -0.3 is 14.6 Å². The topological polar surface area (TPSA) is 49.6 Å². The number of imidazole rings is 1. The van der Waals surface area contributed by atoms with Crippen LogP contribution in [0.5, 0.6) is 0 Å². The number of carbonyl (C=O) groups is 1. The van der Waals surface area contributed by atoms with Gasteiger partial charge >= 0.3 is 0 Å². The molecule has 1 fully saturated rings. The van der Waals surface area contributed by atoms with Crippen molar-refractivity contribution in [2.24, 2.45) is 0 Å². The molecule has 1 amide bonds. The third kappa shape index (κ3) is 4.10. The molecule has 1 saturated heterocycles. The predicted octanol–water partition coefficient (Wildman–Crippen LogP) is 4.65. The van der Waals surface area contributed by atoms with Crippen LogP contribution in [0.15, 0.2) is 42.6 Å². The van der Waals surface area contributed by atoms with E-state index in [9.17, 15) is 9.18 Å². The molecule has 6 heteroatoms. The van der Waals surface area contributed by atoms with Crippen molar-refractivity contribution in [1.82, 2.24) is 19.6 Å². The number of piperidine rings is 1. The van der Waals surface area contributed by atoms with Gasteiger partial charge in [-0.15, -0.1) is 0 Å². The number of hydrogen-bond acceptors (Lipinski definition) is 3. The smallest absolute Gasteiger partial charge is 0.274 e. The number of nitrogens with one attached hydrogen (secondary N) is 1. The lowest BCUT2D eigenvalue weighted by Crippen LogP contribution is -2.36. The average Bonchev–Trinajstić information content (AvgIpc) is 3.15. The second-order valence-corrected chi connectivity index (χ2v) is 8.04. The number of amides is 1. The number of fused-ring (bicyclic) bond motifs is 1. The van der Waals surface area contributed by atoms with Crippen molar-refractivity contribution in [3.05, 3.63) is 70.9 Å². The van der Waals surface area contributed by atoms with Gasteiger partial charge in [0.05, 0.1) is 5.69 Å². The van der Waals surface area contributed by atoms with E-state index in [2.05, 4.69) is 12.2 Å². The molecule has 1 aliphatic heterocycles. The second-order valence-electron chi connectivity index (χ2n) is 8.04. The molecular weight excluding hydrogens is 379 g/mol. The van der Waals surface area contributed by atoms with E-state index in [1.54, 1.807) is 0 Å². The summed E-state index contributed by atoms with van der Waals surface area (Å²) < 4.78 is 15.3. The van der Waals surface area contributed by atoms with Crippen LogP contribution in [-0.4, -0.2) is 33.3 Å². The lowest BCUT2D eigenvalue weighted by Gasteiger charge is -2.26. The van der Waals surface area contributed by atoms with Crippen LogP contribution in [0.25, 0.3) is 5.65 Å². The molecule has 0 aliphatic carbocycles. The Labute approximate surface area is 176 Å². The maximum absolute atomic E-state index is 13.3. The van der Waals surface area contributed by atoms with Gasteiger partial charge in [0.15, 0.2) is 5.69 Å². The van der Waals surface area contributed by atoms with E-state index < -0.39 is 0 Å². The molecular formula is C24H29FN4O. The van der Waals surface area contributed by atoms with E-state index in [-0.39, 0.29) is 17.8 Å². The minimum atomic E-state index is -0.236. The summed E-state index contributed by atoms with van der Waals surface area (Å²) in [5.41, 5.74) is 4.32. The minimum Gasteiger partial charge on any atom is -0.337 e. The molecule has 5 nitrogen and oxygen atoms in total. The number of hydrogen-bond donors (Lipinski definition) is 1. The molecule has 1 atom stereocenters. The summed E-state index contributed by atoms with van der Waals surface area (Å²) in [7, 11) is 0. The van der Waals surface area contributed by atoms with Crippen molar-refractivity contribution in [3.63, 3.8) is 0 Å². The van der Waals surface area contributed by atoms with E-state index in [4.69, 9.17) is 4.98 Å². The van der Waals surface area contributed by atoms with E-state index >= 15 is 0 Å². The molecule has 3 heterocycles. The van der Waals surface area contributed by atoms with Gasteiger partial charge in [0.2, 0.25) is 0 Å².